The van der Waals surface area contributed by atoms with E-state index in [0.29, 0.717) is 6.04 Å². The number of rotatable bonds is 7. The number of aromatic nitrogens is 1. The van der Waals surface area contributed by atoms with Crippen molar-refractivity contribution < 1.29 is 0 Å². The molecular formula is C14H24ClN3. The second-order valence-corrected chi connectivity index (χ2v) is 5.07. The summed E-state index contributed by atoms with van der Waals surface area (Å²) < 4.78 is 0. The monoisotopic (exact) mass is 269 g/mol. The third kappa shape index (κ3) is 4.14. The predicted molar refractivity (Wildman–Crippen MR) is 79.4 cm³/mol. The minimum atomic E-state index is 0.450. The molecule has 0 atom stereocenters. The van der Waals surface area contributed by atoms with Crippen molar-refractivity contribution in [1.29, 1.82) is 0 Å². The Balaban J connectivity index is 2.93. The van der Waals surface area contributed by atoms with Crippen LogP contribution in [0.25, 0.3) is 0 Å². The summed E-state index contributed by atoms with van der Waals surface area (Å²) >= 11 is 6.17. The fourth-order valence-corrected chi connectivity index (χ4v) is 2.05. The van der Waals surface area contributed by atoms with E-state index in [0.717, 1.165) is 42.6 Å². The molecule has 1 heterocycles. The molecular weight excluding hydrogens is 246 g/mol. The largest absolute Gasteiger partial charge is 0.354 e. The van der Waals surface area contributed by atoms with Crippen molar-refractivity contribution in [2.45, 2.75) is 46.7 Å². The zero-order chi connectivity index (χ0) is 13.5. The molecule has 1 aromatic heterocycles. The van der Waals surface area contributed by atoms with E-state index in [1.807, 2.05) is 12.1 Å². The molecule has 3 nitrogen and oxygen atoms in total. The van der Waals surface area contributed by atoms with Gasteiger partial charge in [-0.25, -0.2) is 4.98 Å². The lowest BCUT2D eigenvalue weighted by molar-refractivity contribution is 0.654. The smallest absolute Gasteiger partial charge is 0.129 e. The second-order valence-electron chi connectivity index (χ2n) is 4.67. The Morgan fingerprint density at radius 3 is 2.61 bits per heavy atom. The van der Waals surface area contributed by atoms with Gasteiger partial charge in [0.15, 0.2) is 0 Å². The number of anilines is 1. The SMILES string of the molecule is CCCN(c1ccc(Cl)c(CNCC)n1)C(C)C. The molecule has 0 aliphatic heterocycles. The van der Waals surface area contributed by atoms with Gasteiger partial charge < -0.3 is 10.2 Å². The number of hydrogen-bond donors (Lipinski definition) is 1. The van der Waals surface area contributed by atoms with Crippen molar-refractivity contribution in [2.24, 2.45) is 0 Å². The van der Waals surface area contributed by atoms with E-state index in [-0.39, 0.29) is 0 Å². The van der Waals surface area contributed by atoms with Crippen LogP contribution in [0.3, 0.4) is 0 Å². The summed E-state index contributed by atoms with van der Waals surface area (Å²) in [5.41, 5.74) is 0.928. The molecule has 4 heteroatoms. The Bertz CT molecular complexity index is 366. The highest BCUT2D eigenvalue weighted by molar-refractivity contribution is 6.31. The van der Waals surface area contributed by atoms with Crippen molar-refractivity contribution in [3.8, 4) is 0 Å². The van der Waals surface area contributed by atoms with Crippen LogP contribution < -0.4 is 10.2 Å². The van der Waals surface area contributed by atoms with Crippen LogP contribution in [0, 0.1) is 0 Å². The summed E-state index contributed by atoms with van der Waals surface area (Å²) in [7, 11) is 0. The summed E-state index contributed by atoms with van der Waals surface area (Å²) in [6.45, 7) is 11.3. The van der Waals surface area contributed by atoms with Crippen LogP contribution in [-0.2, 0) is 6.54 Å². The van der Waals surface area contributed by atoms with Crippen molar-refractivity contribution in [3.05, 3.63) is 22.8 Å². The van der Waals surface area contributed by atoms with Gasteiger partial charge in [-0.3, -0.25) is 0 Å². The Morgan fingerprint density at radius 1 is 1.33 bits per heavy atom. The highest BCUT2D eigenvalue weighted by atomic mass is 35.5. The Morgan fingerprint density at radius 2 is 2.06 bits per heavy atom. The maximum absolute atomic E-state index is 6.17. The van der Waals surface area contributed by atoms with Gasteiger partial charge >= 0.3 is 0 Å². The van der Waals surface area contributed by atoms with Gasteiger partial charge in [0.25, 0.3) is 0 Å². The molecule has 0 aliphatic rings. The molecule has 18 heavy (non-hydrogen) atoms. The normalized spacial score (nSPS) is 11.0. The van der Waals surface area contributed by atoms with E-state index >= 15 is 0 Å². The molecule has 1 aromatic rings. The first-order chi connectivity index (χ1) is 8.60. The standard InChI is InChI=1S/C14H24ClN3/c1-5-9-18(11(3)4)14-8-7-12(15)13(17-14)10-16-6-2/h7-8,11,16H,5-6,9-10H2,1-4H3. The first kappa shape index (κ1) is 15.3. The average Bonchev–Trinajstić information content (AvgIpc) is 2.35. The van der Waals surface area contributed by atoms with Crippen molar-refractivity contribution in [1.82, 2.24) is 10.3 Å². The third-order valence-electron chi connectivity index (χ3n) is 2.83. The lowest BCUT2D eigenvalue weighted by Gasteiger charge is -2.28. The van der Waals surface area contributed by atoms with Crippen molar-refractivity contribution in [3.63, 3.8) is 0 Å². The Hall–Kier alpha value is -0.800. The van der Waals surface area contributed by atoms with Gasteiger partial charge in [0, 0.05) is 19.1 Å². The van der Waals surface area contributed by atoms with Crippen LogP contribution in [0.2, 0.25) is 5.02 Å². The molecule has 1 N–H and O–H groups in total. The van der Waals surface area contributed by atoms with Gasteiger partial charge in [-0.1, -0.05) is 25.4 Å². The van der Waals surface area contributed by atoms with Crippen LogP contribution in [0.4, 0.5) is 5.82 Å². The van der Waals surface area contributed by atoms with Crippen LogP contribution in [0.5, 0.6) is 0 Å². The van der Waals surface area contributed by atoms with Crippen LogP contribution in [-0.4, -0.2) is 24.1 Å². The molecule has 0 amide bonds. The predicted octanol–water partition coefficient (Wildman–Crippen LogP) is 3.47. The first-order valence-electron chi connectivity index (χ1n) is 6.72. The van der Waals surface area contributed by atoms with Gasteiger partial charge in [0.2, 0.25) is 0 Å². The van der Waals surface area contributed by atoms with E-state index < -0.39 is 0 Å². The van der Waals surface area contributed by atoms with E-state index in [9.17, 15) is 0 Å². The summed E-state index contributed by atoms with van der Waals surface area (Å²) in [5.74, 6) is 1.02. The van der Waals surface area contributed by atoms with Crippen LogP contribution >= 0.6 is 11.6 Å². The maximum atomic E-state index is 6.17. The molecule has 0 aromatic carbocycles. The maximum Gasteiger partial charge on any atom is 0.129 e. The highest BCUT2D eigenvalue weighted by Crippen LogP contribution is 2.21. The molecule has 0 radical (unpaired) electrons. The fourth-order valence-electron chi connectivity index (χ4n) is 1.88. The van der Waals surface area contributed by atoms with E-state index in [1.165, 1.54) is 0 Å². The zero-order valence-electron chi connectivity index (χ0n) is 11.8. The number of nitrogens with one attached hydrogen (secondary N) is 1. The number of pyridine rings is 1. The molecule has 0 aliphatic carbocycles. The average molecular weight is 270 g/mol. The number of nitrogens with zero attached hydrogens (tertiary/aromatic N) is 2. The molecule has 0 spiro atoms. The zero-order valence-corrected chi connectivity index (χ0v) is 12.6. The van der Waals surface area contributed by atoms with Gasteiger partial charge in [-0.2, -0.15) is 0 Å². The summed E-state index contributed by atoms with van der Waals surface area (Å²) in [4.78, 5) is 6.99. The Labute approximate surface area is 116 Å². The van der Waals surface area contributed by atoms with Crippen LogP contribution in [0.15, 0.2) is 12.1 Å². The number of hydrogen-bond acceptors (Lipinski definition) is 3. The quantitative estimate of drug-likeness (QED) is 0.822. The lowest BCUT2D eigenvalue weighted by atomic mass is 10.2. The first-order valence-corrected chi connectivity index (χ1v) is 7.10. The minimum Gasteiger partial charge on any atom is -0.354 e. The van der Waals surface area contributed by atoms with Gasteiger partial charge in [-0.15, -0.1) is 0 Å². The lowest BCUT2D eigenvalue weighted by Crippen LogP contribution is -2.32. The molecule has 0 fully saturated rings. The Kier molecular flexibility index (Phi) is 6.44. The summed E-state index contributed by atoms with van der Waals surface area (Å²) in [6, 6.07) is 4.40. The molecule has 102 valence electrons. The van der Waals surface area contributed by atoms with Crippen molar-refractivity contribution >= 4 is 17.4 Å². The molecule has 0 saturated heterocycles. The summed E-state index contributed by atoms with van der Waals surface area (Å²) in [5, 5.41) is 4.00. The molecule has 0 saturated carbocycles. The van der Waals surface area contributed by atoms with E-state index in [4.69, 9.17) is 11.6 Å². The molecule has 0 unspecified atom stereocenters. The molecule has 0 bridgehead atoms. The third-order valence-corrected chi connectivity index (χ3v) is 3.17. The van der Waals surface area contributed by atoms with Gasteiger partial charge in [0.05, 0.1) is 10.7 Å². The van der Waals surface area contributed by atoms with Crippen LogP contribution in [0.1, 0.15) is 39.8 Å². The summed E-state index contributed by atoms with van der Waals surface area (Å²) in [6.07, 6.45) is 1.12. The van der Waals surface area contributed by atoms with Gasteiger partial charge in [-0.05, 0) is 38.9 Å². The topological polar surface area (TPSA) is 28.2 Å². The molecule has 1 rings (SSSR count). The van der Waals surface area contributed by atoms with Gasteiger partial charge in [0.1, 0.15) is 5.82 Å². The number of halogens is 1. The second kappa shape index (κ2) is 7.59. The fraction of sp³-hybridized carbons (Fsp3) is 0.643. The minimum absolute atomic E-state index is 0.450. The van der Waals surface area contributed by atoms with E-state index in [2.05, 4.69) is 42.9 Å². The van der Waals surface area contributed by atoms with E-state index in [1.54, 1.807) is 0 Å². The highest BCUT2D eigenvalue weighted by Gasteiger charge is 2.12. The van der Waals surface area contributed by atoms with Crippen molar-refractivity contribution in [2.75, 3.05) is 18.0 Å².